The summed E-state index contributed by atoms with van der Waals surface area (Å²) >= 11 is 1.66. The molecule has 0 bridgehead atoms. The number of carbonyl (C=O) groups excluding carboxylic acids is 1. The van der Waals surface area contributed by atoms with Crippen LogP contribution in [0.15, 0.2) is 5.38 Å². The molecule has 0 unspecified atom stereocenters. The molecule has 0 saturated carbocycles. The Morgan fingerprint density at radius 2 is 2.42 bits per heavy atom. The van der Waals surface area contributed by atoms with Crippen molar-refractivity contribution in [2.75, 3.05) is 39.3 Å². The lowest BCUT2D eigenvalue weighted by molar-refractivity contribution is -0.122. The molecule has 0 aliphatic carbocycles. The fourth-order valence-corrected chi connectivity index (χ4v) is 2.92. The van der Waals surface area contributed by atoms with Crippen LogP contribution in [0.2, 0.25) is 0 Å². The number of thiazole rings is 1. The zero-order valence-corrected chi connectivity index (χ0v) is 12.3. The van der Waals surface area contributed by atoms with Crippen molar-refractivity contribution in [1.29, 1.82) is 0 Å². The molecule has 5 nitrogen and oxygen atoms in total. The van der Waals surface area contributed by atoms with E-state index in [-0.39, 0.29) is 5.91 Å². The van der Waals surface area contributed by atoms with E-state index in [1.807, 2.05) is 12.3 Å². The van der Waals surface area contributed by atoms with Gasteiger partial charge in [0.05, 0.1) is 11.6 Å². The van der Waals surface area contributed by atoms with Gasteiger partial charge in [0.25, 0.3) is 0 Å². The summed E-state index contributed by atoms with van der Waals surface area (Å²) in [6.45, 7) is 7.18. The average molecular weight is 282 g/mol. The molecular weight excluding hydrogens is 260 g/mol. The number of carbonyl (C=O) groups is 1. The molecule has 0 aromatic carbocycles. The predicted molar refractivity (Wildman–Crippen MR) is 77.5 cm³/mol. The maximum Gasteiger partial charge on any atom is 0.234 e. The molecule has 0 spiro atoms. The van der Waals surface area contributed by atoms with E-state index in [0.717, 1.165) is 49.7 Å². The molecule has 2 heterocycles. The van der Waals surface area contributed by atoms with Gasteiger partial charge < -0.3 is 10.6 Å². The third-order valence-electron chi connectivity index (χ3n) is 3.13. The predicted octanol–water partition coefficient (Wildman–Crippen LogP) is 0.406. The first kappa shape index (κ1) is 14.4. The van der Waals surface area contributed by atoms with Crippen LogP contribution in [0, 0.1) is 6.92 Å². The van der Waals surface area contributed by atoms with E-state index in [2.05, 4.69) is 20.5 Å². The molecule has 0 radical (unpaired) electrons. The maximum absolute atomic E-state index is 11.8. The molecule has 1 aromatic rings. The van der Waals surface area contributed by atoms with Gasteiger partial charge in [0.15, 0.2) is 0 Å². The van der Waals surface area contributed by atoms with Crippen LogP contribution in [0.4, 0.5) is 0 Å². The Kier molecular flexibility index (Phi) is 5.75. The van der Waals surface area contributed by atoms with Crippen LogP contribution in [0.3, 0.4) is 0 Å². The number of aryl methyl sites for hydroxylation is 1. The molecule has 0 atom stereocenters. The van der Waals surface area contributed by atoms with Crippen molar-refractivity contribution in [1.82, 2.24) is 20.5 Å². The van der Waals surface area contributed by atoms with Gasteiger partial charge in [-0.3, -0.25) is 9.69 Å². The first-order valence-electron chi connectivity index (χ1n) is 6.85. The van der Waals surface area contributed by atoms with E-state index < -0.39 is 0 Å². The summed E-state index contributed by atoms with van der Waals surface area (Å²) in [7, 11) is 0. The van der Waals surface area contributed by atoms with Crippen molar-refractivity contribution < 1.29 is 4.79 Å². The highest BCUT2D eigenvalue weighted by molar-refractivity contribution is 7.09. The van der Waals surface area contributed by atoms with Crippen molar-refractivity contribution in [3.63, 3.8) is 0 Å². The molecule has 2 rings (SSSR count). The molecule has 6 heteroatoms. The van der Waals surface area contributed by atoms with Crippen LogP contribution in [-0.4, -0.2) is 55.1 Å². The summed E-state index contributed by atoms with van der Waals surface area (Å²) in [4.78, 5) is 18.4. The number of nitrogens with zero attached hydrogens (tertiary/aromatic N) is 2. The van der Waals surface area contributed by atoms with Crippen molar-refractivity contribution >= 4 is 17.2 Å². The van der Waals surface area contributed by atoms with Gasteiger partial charge in [0.2, 0.25) is 5.91 Å². The summed E-state index contributed by atoms with van der Waals surface area (Å²) in [5, 5.41) is 9.45. The fourth-order valence-electron chi connectivity index (χ4n) is 2.15. The molecule has 106 valence electrons. The molecule has 1 aromatic heterocycles. The Labute approximate surface area is 118 Å². The van der Waals surface area contributed by atoms with Crippen molar-refractivity contribution in [3.8, 4) is 0 Å². The summed E-state index contributed by atoms with van der Waals surface area (Å²) < 4.78 is 0. The van der Waals surface area contributed by atoms with Crippen molar-refractivity contribution in [3.05, 3.63) is 16.1 Å². The standard InChI is InChI=1S/C13H22N4OS/c1-11-10-19-13(16-11)3-5-15-12(18)9-17-7-2-4-14-6-8-17/h10,14H,2-9H2,1H3,(H,15,18). The Hall–Kier alpha value is -0.980. The zero-order chi connectivity index (χ0) is 13.5. The Morgan fingerprint density at radius 3 is 3.21 bits per heavy atom. The van der Waals surface area contributed by atoms with Gasteiger partial charge in [0.1, 0.15) is 0 Å². The highest BCUT2D eigenvalue weighted by atomic mass is 32.1. The Balaban J connectivity index is 1.63. The smallest absolute Gasteiger partial charge is 0.234 e. The molecule has 1 amide bonds. The quantitative estimate of drug-likeness (QED) is 0.821. The number of nitrogens with one attached hydrogen (secondary N) is 2. The largest absolute Gasteiger partial charge is 0.355 e. The van der Waals surface area contributed by atoms with Gasteiger partial charge in [-0.25, -0.2) is 4.98 Å². The first-order chi connectivity index (χ1) is 9.24. The first-order valence-corrected chi connectivity index (χ1v) is 7.73. The molecular formula is C13H22N4OS. The van der Waals surface area contributed by atoms with Crippen LogP contribution in [0.5, 0.6) is 0 Å². The van der Waals surface area contributed by atoms with Gasteiger partial charge in [0, 0.05) is 37.1 Å². The molecule has 1 aliphatic heterocycles. The van der Waals surface area contributed by atoms with Gasteiger partial charge >= 0.3 is 0 Å². The molecule has 2 N–H and O–H groups in total. The highest BCUT2D eigenvalue weighted by Gasteiger charge is 2.12. The van der Waals surface area contributed by atoms with E-state index in [1.165, 1.54) is 0 Å². The SMILES string of the molecule is Cc1csc(CCNC(=O)CN2CCCNCC2)n1. The monoisotopic (exact) mass is 282 g/mol. The minimum Gasteiger partial charge on any atom is -0.355 e. The van der Waals surface area contributed by atoms with E-state index in [4.69, 9.17) is 0 Å². The Bertz CT molecular complexity index is 399. The van der Waals surface area contributed by atoms with Gasteiger partial charge in [-0.15, -0.1) is 11.3 Å². The van der Waals surface area contributed by atoms with Crippen molar-refractivity contribution in [2.24, 2.45) is 0 Å². The maximum atomic E-state index is 11.8. The molecule has 19 heavy (non-hydrogen) atoms. The lowest BCUT2D eigenvalue weighted by Crippen LogP contribution is -2.39. The molecule has 1 fully saturated rings. The number of aromatic nitrogens is 1. The fraction of sp³-hybridized carbons (Fsp3) is 0.692. The van der Waals surface area contributed by atoms with E-state index in [9.17, 15) is 4.79 Å². The third kappa shape index (κ3) is 5.26. The second-order valence-corrected chi connectivity index (χ2v) is 5.80. The van der Waals surface area contributed by atoms with Crippen LogP contribution in [0.1, 0.15) is 17.1 Å². The van der Waals surface area contributed by atoms with E-state index >= 15 is 0 Å². The number of hydrogen-bond acceptors (Lipinski definition) is 5. The van der Waals surface area contributed by atoms with Crippen LogP contribution in [0.25, 0.3) is 0 Å². The van der Waals surface area contributed by atoms with Gasteiger partial charge in [-0.1, -0.05) is 0 Å². The number of rotatable bonds is 5. The summed E-state index contributed by atoms with van der Waals surface area (Å²) in [5.41, 5.74) is 1.06. The highest BCUT2D eigenvalue weighted by Crippen LogP contribution is 2.08. The summed E-state index contributed by atoms with van der Waals surface area (Å²) in [5.74, 6) is 0.121. The lowest BCUT2D eigenvalue weighted by Gasteiger charge is -2.18. The topological polar surface area (TPSA) is 57.3 Å². The third-order valence-corrected chi connectivity index (χ3v) is 4.15. The molecule has 1 aliphatic rings. The zero-order valence-electron chi connectivity index (χ0n) is 11.4. The second-order valence-electron chi connectivity index (χ2n) is 4.86. The molecule has 1 saturated heterocycles. The Morgan fingerprint density at radius 1 is 1.53 bits per heavy atom. The average Bonchev–Trinajstić information content (AvgIpc) is 2.63. The summed E-state index contributed by atoms with van der Waals surface area (Å²) in [6, 6.07) is 0. The number of hydrogen-bond donors (Lipinski definition) is 2. The van der Waals surface area contributed by atoms with Crippen molar-refractivity contribution in [2.45, 2.75) is 19.8 Å². The minimum atomic E-state index is 0.121. The number of amides is 1. The van der Waals surface area contributed by atoms with Crippen LogP contribution < -0.4 is 10.6 Å². The van der Waals surface area contributed by atoms with Crippen LogP contribution in [-0.2, 0) is 11.2 Å². The second kappa shape index (κ2) is 7.57. The lowest BCUT2D eigenvalue weighted by atomic mass is 10.3. The normalized spacial score (nSPS) is 17.1. The van der Waals surface area contributed by atoms with E-state index in [0.29, 0.717) is 13.1 Å². The van der Waals surface area contributed by atoms with Crippen LogP contribution >= 0.6 is 11.3 Å². The minimum absolute atomic E-state index is 0.121. The summed E-state index contributed by atoms with van der Waals surface area (Å²) in [6.07, 6.45) is 1.94. The van der Waals surface area contributed by atoms with E-state index in [1.54, 1.807) is 11.3 Å². The van der Waals surface area contributed by atoms with Gasteiger partial charge in [-0.2, -0.15) is 0 Å². The van der Waals surface area contributed by atoms with Gasteiger partial charge in [-0.05, 0) is 26.4 Å².